The first kappa shape index (κ1) is 25.1. The van der Waals surface area contributed by atoms with E-state index in [4.69, 9.17) is 19.4 Å². The SMILES string of the molecule is COc1ccc(C[C@H]2CN(C(=O)c3ccncc3)CC[C@H]2OC)cc1.O=C(O)C(F)(F)F. The summed E-state index contributed by atoms with van der Waals surface area (Å²) in [4.78, 5) is 27.5. The van der Waals surface area contributed by atoms with Crippen LogP contribution in [0.5, 0.6) is 5.75 Å². The molecule has 0 aliphatic carbocycles. The van der Waals surface area contributed by atoms with Gasteiger partial charge in [0.25, 0.3) is 5.91 Å². The van der Waals surface area contributed by atoms with Crippen molar-refractivity contribution >= 4 is 11.9 Å². The highest BCUT2D eigenvalue weighted by Crippen LogP contribution is 2.25. The van der Waals surface area contributed by atoms with Gasteiger partial charge in [-0.2, -0.15) is 13.2 Å². The van der Waals surface area contributed by atoms with Crippen LogP contribution in [0.3, 0.4) is 0 Å². The van der Waals surface area contributed by atoms with Crippen molar-refractivity contribution in [3.8, 4) is 5.75 Å². The van der Waals surface area contributed by atoms with Gasteiger partial charge in [0.05, 0.1) is 13.2 Å². The number of aromatic nitrogens is 1. The van der Waals surface area contributed by atoms with Crippen molar-refractivity contribution in [1.29, 1.82) is 0 Å². The number of aliphatic carboxylic acids is 1. The molecule has 0 unspecified atom stereocenters. The molecule has 32 heavy (non-hydrogen) atoms. The minimum absolute atomic E-state index is 0.0664. The highest BCUT2D eigenvalue weighted by atomic mass is 19.4. The second kappa shape index (κ2) is 11.5. The second-order valence-corrected chi connectivity index (χ2v) is 7.17. The number of carboxylic acids is 1. The van der Waals surface area contributed by atoms with Crippen LogP contribution in [0.2, 0.25) is 0 Å². The van der Waals surface area contributed by atoms with Gasteiger partial charge in [0, 0.05) is 44.1 Å². The Morgan fingerprint density at radius 3 is 2.22 bits per heavy atom. The zero-order valence-electron chi connectivity index (χ0n) is 17.7. The standard InChI is InChI=1S/C20H24N2O3.C2HF3O2/c1-24-18-5-3-15(4-6-18)13-17-14-22(12-9-19(17)25-2)20(23)16-7-10-21-11-8-16;3-2(4,5)1(6)7/h3-8,10-11,17,19H,9,12-14H2,1-2H3;(H,6,7)/t17-,19+;/m0./s1. The van der Waals surface area contributed by atoms with Crippen molar-refractivity contribution in [3.63, 3.8) is 0 Å². The third kappa shape index (κ3) is 7.23. The molecule has 3 rings (SSSR count). The number of nitrogens with zero attached hydrogens (tertiary/aromatic N) is 2. The van der Waals surface area contributed by atoms with Gasteiger partial charge in [-0.15, -0.1) is 0 Å². The van der Waals surface area contributed by atoms with Crippen LogP contribution in [0.25, 0.3) is 0 Å². The molecular formula is C22H25F3N2O5. The van der Waals surface area contributed by atoms with Gasteiger partial charge in [-0.3, -0.25) is 9.78 Å². The van der Waals surface area contributed by atoms with Crippen molar-refractivity contribution in [2.45, 2.75) is 25.1 Å². The Morgan fingerprint density at radius 1 is 1.12 bits per heavy atom. The molecule has 1 N–H and O–H groups in total. The molecular weight excluding hydrogens is 429 g/mol. The lowest BCUT2D eigenvalue weighted by atomic mass is 9.88. The zero-order chi connectivity index (χ0) is 23.7. The number of alkyl halides is 3. The van der Waals surface area contributed by atoms with Gasteiger partial charge in [0.2, 0.25) is 0 Å². The normalized spacial score (nSPS) is 18.3. The molecule has 1 aliphatic heterocycles. The minimum atomic E-state index is -5.08. The topological polar surface area (TPSA) is 89.0 Å². The van der Waals surface area contributed by atoms with E-state index in [-0.39, 0.29) is 17.9 Å². The van der Waals surface area contributed by atoms with Crippen molar-refractivity contribution in [3.05, 3.63) is 59.9 Å². The number of carboxylic acid groups (broad SMARTS) is 1. The Hall–Kier alpha value is -3.14. The number of hydrogen-bond donors (Lipinski definition) is 1. The smallest absolute Gasteiger partial charge is 0.490 e. The maximum Gasteiger partial charge on any atom is 0.490 e. The Bertz CT molecular complexity index is 875. The molecule has 1 fully saturated rings. The molecule has 1 aromatic heterocycles. The van der Waals surface area contributed by atoms with Crippen LogP contribution in [0.15, 0.2) is 48.8 Å². The lowest BCUT2D eigenvalue weighted by molar-refractivity contribution is -0.192. The largest absolute Gasteiger partial charge is 0.497 e. The highest BCUT2D eigenvalue weighted by molar-refractivity contribution is 5.94. The maximum absolute atomic E-state index is 12.7. The quantitative estimate of drug-likeness (QED) is 0.745. The summed E-state index contributed by atoms with van der Waals surface area (Å²) < 4.78 is 42.6. The Morgan fingerprint density at radius 2 is 1.72 bits per heavy atom. The fourth-order valence-electron chi connectivity index (χ4n) is 3.44. The number of hydrogen-bond acceptors (Lipinski definition) is 5. The number of methoxy groups -OCH3 is 2. The summed E-state index contributed by atoms with van der Waals surface area (Å²) in [7, 11) is 3.42. The van der Waals surface area contributed by atoms with Gasteiger partial charge in [0.15, 0.2) is 0 Å². The fraction of sp³-hybridized carbons (Fsp3) is 0.409. The number of piperidine rings is 1. The van der Waals surface area contributed by atoms with E-state index in [9.17, 15) is 18.0 Å². The molecule has 10 heteroatoms. The van der Waals surface area contributed by atoms with E-state index in [1.807, 2.05) is 17.0 Å². The van der Waals surface area contributed by atoms with Crippen molar-refractivity contribution < 1.29 is 37.3 Å². The van der Waals surface area contributed by atoms with Gasteiger partial charge < -0.3 is 19.5 Å². The van der Waals surface area contributed by atoms with E-state index in [0.717, 1.165) is 25.1 Å². The van der Waals surface area contributed by atoms with Gasteiger partial charge >= 0.3 is 12.1 Å². The number of amides is 1. The van der Waals surface area contributed by atoms with E-state index in [1.165, 1.54) is 5.56 Å². The average molecular weight is 454 g/mol. The predicted octanol–water partition coefficient (Wildman–Crippen LogP) is 3.44. The first-order valence-electron chi connectivity index (χ1n) is 9.80. The number of pyridine rings is 1. The molecule has 0 spiro atoms. The van der Waals surface area contributed by atoms with Gasteiger partial charge in [-0.1, -0.05) is 12.1 Å². The summed E-state index contributed by atoms with van der Waals surface area (Å²) in [5, 5.41) is 7.12. The third-order valence-corrected chi connectivity index (χ3v) is 5.08. The van der Waals surface area contributed by atoms with Gasteiger partial charge in [0.1, 0.15) is 5.75 Å². The van der Waals surface area contributed by atoms with Gasteiger partial charge in [-0.25, -0.2) is 4.79 Å². The summed E-state index contributed by atoms with van der Waals surface area (Å²) >= 11 is 0. The summed E-state index contributed by atoms with van der Waals surface area (Å²) in [5.74, 6) is -1.56. The molecule has 7 nitrogen and oxygen atoms in total. The number of rotatable bonds is 5. The first-order chi connectivity index (χ1) is 15.2. The predicted molar refractivity (Wildman–Crippen MR) is 109 cm³/mol. The molecule has 2 heterocycles. The molecule has 1 amide bonds. The minimum Gasteiger partial charge on any atom is -0.497 e. The number of halogens is 3. The highest BCUT2D eigenvalue weighted by Gasteiger charge is 2.38. The van der Waals surface area contributed by atoms with E-state index in [1.54, 1.807) is 38.7 Å². The first-order valence-corrected chi connectivity index (χ1v) is 9.80. The Balaban J connectivity index is 0.000000451. The van der Waals surface area contributed by atoms with Crippen LogP contribution < -0.4 is 4.74 Å². The molecule has 0 bridgehead atoms. The molecule has 2 aromatic rings. The molecule has 0 radical (unpaired) electrons. The summed E-state index contributed by atoms with van der Waals surface area (Å²) in [6.07, 6.45) is 0.133. The van der Waals surface area contributed by atoms with Crippen LogP contribution in [0.1, 0.15) is 22.3 Å². The third-order valence-electron chi connectivity index (χ3n) is 5.08. The van der Waals surface area contributed by atoms with Crippen LogP contribution in [-0.4, -0.2) is 66.5 Å². The van der Waals surface area contributed by atoms with Crippen molar-refractivity contribution in [1.82, 2.24) is 9.88 Å². The fourth-order valence-corrected chi connectivity index (χ4v) is 3.44. The zero-order valence-corrected chi connectivity index (χ0v) is 17.7. The number of carbonyl (C=O) groups is 2. The molecule has 2 atom stereocenters. The van der Waals surface area contributed by atoms with Gasteiger partial charge in [-0.05, 0) is 42.7 Å². The number of ether oxygens (including phenoxy) is 2. The monoisotopic (exact) mass is 454 g/mol. The van der Waals surface area contributed by atoms with Crippen LogP contribution >= 0.6 is 0 Å². The van der Waals surface area contributed by atoms with E-state index in [2.05, 4.69) is 17.1 Å². The summed E-state index contributed by atoms with van der Waals surface area (Å²) in [6.45, 7) is 1.42. The molecule has 1 aliphatic rings. The lowest BCUT2D eigenvalue weighted by Crippen LogP contribution is -2.47. The van der Waals surface area contributed by atoms with E-state index >= 15 is 0 Å². The Labute approximate surface area is 183 Å². The molecule has 1 saturated heterocycles. The van der Waals surface area contributed by atoms with Crippen LogP contribution in [-0.2, 0) is 16.0 Å². The second-order valence-electron chi connectivity index (χ2n) is 7.17. The Kier molecular flexibility index (Phi) is 9.01. The molecule has 0 saturated carbocycles. The van der Waals surface area contributed by atoms with E-state index < -0.39 is 12.1 Å². The average Bonchev–Trinajstić information content (AvgIpc) is 2.79. The maximum atomic E-state index is 12.7. The summed E-state index contributed by atoms with van der Waals surface area (Å²) in [6, 6.07) is 11.6. The molecule has 1 aromatic carbocycles. The lowest BCUT2D eigenvalue weighted by Gasteiger charge is -2.38. The summed E-state index contributed by atoms with van der Waals surface area (Å²) in [5.41, 5.74) is 1.92. The van der Waals surface area contributed by atoms with Crippen LogP contribution in [0.4, 0.5) is 13.2 Å². The molecule has 174 valence electrons. The number of benzene rings is 1. The van der Waals surface area contributed by atoms with Crippen molar-refractivity contribution in [2.75, 3.05) is 27.3 Å². The van der Waals surface area contributed by atoms with Crippen LogP contribution in [0, 0.1) is 5.92 Å². The number of likely N-dealkylation sites (tertiary alicyclic amines) is 1. The van der Waals surface area contributed by atoms with E-state index in [0.29, 0.717) is 12.1 Å². The number of carbonyl (C=O) groups excluding carboxylic acids is 1. The van der Waals surface area contributed by atoms with Crippen molar-refractivity contribution in [2.24, 2.45) is 5.92 Å².